The van der Waals surface area contributed by atoms with Crippen LogP contribution in [-0.2, 0) is 4.74 Å². The highest BCUT2D eigenvalue weighted by Crippen LogP contribution is 2.24. The van der Waals surface area contributed by atoms with E-state index in [1.807, 2.05) is 13.8 Å². The summed E-state index contributed by atoms with van der Waals surface area (Å²) in [5.41, 5.74) is 0.664. The van der Waals surface area contributed by atoms with Crippen LogP contribution < -0.4 is 10.1 Å². The predicted octanol–water partition coefficient (Wildman–Crippen LogP) is 2.91. The number of nitrogens with one attached hydrogen (secondary N) is 1. The van der Waals surface area contributed by atoms with E-state index in [-0.39, 0.29) is 11.9 Å². The van der Waals surface area contributed by atoms with Crippen molar-refractivity contribution in [2.24, 2.45) is 0 Å². The van der Waals surface area contributed by atoms with Crippen molar-refractivity contribution >= 4 is 0 Å². The molecular formula is C14H22FNO2. The Labute approximate surface area is 108 Å². The van der Waals surface area contributed by atoms with Crippen LogP contribution in [-0.4, -0.2) is 26.9 Å². The van der Waals surface area contributed by atoms with Crippen molar-refractivity contribution in [1.82, 2.24) is 5.32 Å². The van der Waals surface area contributed by atoms with Gasteiger partial charge in [0.15, 0.2) is 0 Å². The Hall–Kier alpha value is -1.13. The van der Waals surface area contributed by atoms with Crippen molar-refractivity contribution in [3.05, 3.63) is 29.6 Å². The summed E-state index contributed by atoms with van der Waals surface area (Å²) in [7, 11) is 1.53. The first kappa shape index (κ1) is 14.9. The Balaban J connectivity index is 2.77. The molecule has 1 unspecified atom stereocenters. The van der Waals surface area contributed by atoms with Crippen LogP contribution in [0.5, 0.6) is 5.75 Å². The quantitative estimate of drug-likeness (QED) is 0.724. The number of ether oxygens (including phenoxy) is 2. The Kier molecular flexibility index (Phi) is 6.68. The lowest BCUT2D eigenvalue weighted by Crippen LogP contribution is -2.23. The molecule has 0 amide bonds. The van der Waals surface area contributed by atoms with Crippen molar-refractivity contribution in [3.63, 3.8) is 0 Å². The molecule has 0 saturated carbocycles. The molecule has 18 heavy (non-hydrogen) atoms. The van der Waals surface area contributed by atoms with E-state index in [1.165, 1.54) is 13.2 Å². The molecule has 1 atom stereocenters. The van der Waals surface area contributed by atoms with Gasteiger partial charge in [-0.15, -0.1) is 0 Å². The summed E-state index contributed by atoms with van der Waals surface area (Å²) >= 11 is 0. The smallest absolute Gasteiger partial charge is 0.131 e. The normalized spacial score (nSPS) is 12.4. The highest BCUT2D eigenvalue weighted by Gasteiger charge is 2.15. The average molecular weight is 255 g/mol. The summed E-state index contributed by atoms with van der Waals surface area (Å²) in [6.45, 7) is 6.07. The van der Waals surface area contributed by atoms with Gasteiger partial charge in [0, 0.05) is 30.9 Å². The molecule has 0 fully saturated rings. The molecule has 0 saturated heterocycles. The lowest BCUT2D eigenvalue weighted by molar-refractivity contribution is 0.136. The molecule has 0 spiro atoms. The van der Waals surface area contributed by atoms with Gasteiger partial charge in [-0.1, -0.05) is 13.0 Å². The highest BCUT2D eigenvalue weighted by atomic mass is 19.1. The van der Waals surface area contributed by atoms with Crippen molar-refractivity contribution in [2.75, 3.05) is 26.9 Å². The lowest BCUT2D eigenvalue weighted by Gasteiger charge is -2.19. The molecule has 0 bridgehead atoms. The minimum absolute atomic E-state index is 0.0209. The number of hydrogen-bond acceptors (Lipinski definition) is 3. The molecule has 102 valence electrons. The van der Waals surface area contributed by atoms with Gasteiger partial charge in [-0.05, 0) is 26.0 Å². The van der Waals surface area contributed by atoms with E-state index < -0.39 is 0 Å². The Morgan fingerprint density at radius 3 is 2.67 bits per heavy atom. The first-order valence-electron chi connectivity index (χ1n) is 6.37. The number of rotatable bonds is 8. The van der Waals surface area contributed by atoms with Crippen LogP contribution in [0.4, 0.5) is 4.39 Å². The molecule has 1 N–H and O–H groups in total. The summed E-state index contributed by atoms with van der Waals surface area (Å²) < 4.78 is 24.3. The molecule has 0 aliphatic carbocycles. The van der Waals surface area contributed by atoms with Gasteiger partial charge in [-0.2, -0.15) is 0 Å². The zero-order valence-electron chi connectivity index (χ0n) is 11.3. The van der Waals surface area contributed by atoms with Crippen LogP contribution in [0.25, 0.3) is 0 Å². The van der Waals surface area contributed by atoms with E-state index in [2.05, 4.69) is 5.32 Å². The van der Waals surface area contributed by atoms with Crippen molar-refractivity contribution in [3.8, 4) is 5.75 Å². The molecule has 3 nitrogen and oxygen atoms in total. The number of hydrogen-bond donors (Lipinski definition) is 1. The number of methoxy groups -OCH3 is 1. The van der Waals surface area contributed by atoms with Crippen molar-refractivity contribution in [1.29, 1.82) is 0 Å². The molecule has 1 rings (SSSR count). The SMILES string of the molecule is CCNC(CCOCC)c1ccc(OC)cc1F. The second-order valence-corrected chi connectivity index (χ2v) is 3.98. The summed E-state index contributed by atoms with van der Waals surface area (Å²) in [4.78, 5) is 0. The fourth-order valence-electron chi connectivity index (χ4n) is 1.88. The van der Waals surface area contributed by atoms with Gasteiger partial charge in [0.05, 0.1) is 7.11 Å². The minimum Gasteiger partial charge on any atom is -0.497 e. The monoisotopic (exact) mass is 255 g/mol. The lowest BCUT2D eigenvalue weighted by atomic mass is 10.0. The molecule has 0 radical (unpaired) electrons. The first-order chi connectivity index (χ1) is 8.72. The number of halogens is 1. The topological polar surface area (TPSA) is 30.5 Å². The third-order valence-corrected chi connectivity index (χ3v) is 2.79. The maximum atomic E-state index is 14.0. The van der Waals surface area contributed by atoms with E-state index >= 15 is 0 Å². The Morgan fingerprint density at radius 1 is 1.33 bits per heavy atom. The Morgan fingerprint density at radius 2 is 2.11 bits per heavy atom. The third kappa shape index (κ3) is 4.27. The van der Waals surface area contributed by atoms with E-state index in [9.17, 15) is 4.39 Å². The molecule has 0 aliphatic heterocycles. The zero-order valence-corrected chi connectivity index (χ0v) is 11.3. The second kappa shape index (κ2) is 8.06. The highest BCUT2D eigenvalue weighted by molar-refractivity contribution is 5.30. The summed E-state index contributed by atoms with van der Waals surface area (Å²) in [5.74, 6) is 0.299. The molecular weight excluding hydrogens is 233 g/mol. The minimum atomic E-state index is -0.239. The molecule has 0 heterocycles. The van der Waals surface area contributed by atoms with Gasteiger partial charge < -0.3 is 14.8 Å². The van der Waals surface area contributed by atoms with Gasteiger partial charge in [0.2, 0.25) is 0 Å². The van der Waals surface area contributed by atoms with Crippen LogP contribution in [0.15, 0.2) is 18.2 Å². The summed E-state index contributed by atoms with van der Waals surface area (Å²) in [6.07, 6.45) is 0.755. The third-order valence-electron chi connectivity index (χ3n) is 2.79. The second-order valence-electron chi connectivity index (χ2n) is 3.98. The maximum absolute atomic E-state index is 14.0. The maximum Gasteiger partial charge on any atom is 0.131 e. The van der Waals surface area contributed by atoms with E-state index in [0.717, 1.165) is 13.0 Å². The van der Waals surface area contributed by atoms with Crippen molar-refractivity contribution < 1.29 is 13.9 Å². The van der Waals surface area contributed by atoms with Gasteiger partial charge in [-0.3, -0.25) is 0 Å². The predicted molar refractivity (Wildman–Crippen MR) is 70.5 cm³/mol. The van der Waals surface area contributed by atoms with E-state index in [4.69, 9.17) is 9.47 Å². The van der Waals surface area contributed by atoms with Gasteiger partial charge in [0.1, 0.15) is 11.6 Å². The zero-order chi connectivity index (χ0) is 13.4. The van der Waals surface area contributed by atoms with Gasteiger partial charge in [-0.25, -0.2) is 4.39 Å². The molecule has 1 aromatic rings. The van der Waals surface area contributed by atoms with Crippen LogP contribution in [0.2, 0.25) is 0 Å². The molecule has 1 aromatic carbocycles. The fourth-order valence-corrected chi connectivity index (χ4v) is 1.88. The van der Waals surface area contributed by atoms with Gasteiger partial charge in [0.25, 0.3) is 0 Å². The van der Waals surface area contributed by atoms with Crippen LogP contribution in [0, 0.1) is 5.82 Å². The van der Waals surface area contributed by atoms with Gasteiger partial charge >= 0.3 is 0 Å². The van der Waals surface area contributed by atoms with Crippen LogP contribution in [0.1, 0.15) is 31.9 Å². The van der Waals surface area contributed by atoms with E-state index in [0.29, 0.717) is 24.5 Å². The summed E-state index contributed by atoms with van der Waals surface area (Å²) in [5, 5.41) is 3.28. The van der Waals surface area contributed by atoms with Crippen LogP contribution >= 0.6 is 0 Å². The summed E-state index contributed by atoms with van der Waals surface area (Å²) in [6, 6.07) is 4.95. The molecule has 0 aliphatic rings. The van der Waals surface area contributed by atoms with Crippen molar-refractivity contribution in [2.45, 2.75) is 26.3 Å². The average Bonchev–Trinajstić information content (AvgIpc) is 2.38. The Bertz CT molecular complexity index is 358. The standard InChI is InChI=1S/C14H22FNO2/c1-4-16-14(8-9-18-5-2)12-7-6-11(17-3)10-13(12)15/h6-7,10,14,16H,4-5,8-9H2,1-3H3. The molecule has 4 heteroatoms. The van der Waals surface area contributed by atoms with E-state index in [1.54, 1.807) is 12.1 Å². The fraction of sp³-hybridized carbons (Fsp3) is 0.571. The largest absolute Gasteiger partial charge is 0.497 e. The first-order valence-corrected chi connectivity index (χ1v) is 6.37. The molecule has 0 aromatic heterocycles. The number of benzene rings is 1. The van der Waals surface area contributed by atoms with Crippen LogP contribution in [0.3, 0.4) is 0 Å².